The molecule has 0 atom stereocenters. The zero-order chi connectivity index (χ0) is 23.2. The maximum atomic E-state index is 13.2. The number of anilines is 4. The summed E-state index contributed by atoms with van der Waals surface area (Å²) in [5, 5.41) is 6.48. The van der Waals surface area contributed by atoms with Crippen molar-refractivity contribution in [3.8, 4) is 0 Å². The quantitative estimate of drug-likeness (QED) is 0.198. The molecule has 0 aliphatic rings. The summed E-state index contributed by atoms with van der Waals surface area (Å²) in [5.74, 6) is 1.24. The van der Waals surface area contributed by atoms with Gasteiger partial charge in [-0.25, -0.2) is 19.3 Å². The zero-order valence-electron chi connectivity index (χ0n) is 17.7. The molecule has 7 nitrogen and oxygen atoms in total. The van der Waals surface area contributed by atoms with Gasteiger partial charge in [0, 0.05) is 23.7 Å². The monoisotopic (exact) mass is 460 g/mol. The second-order valence-corrected chi connectivity index (χ2v) is 8.18. The average Bonchev–Trinajstić information content (AvgIpc) is 2.81. The van der Waals surface area contributed by atoms with Crippen molar-refractivity contribution in [3.05, 3.63) is 95.6 Å². The molecule has 0 fully saturated rings. The molecule has 166 valence electrons. The number of nitrogen functional groups attached to an aromatic ring is 1. The number of benzene rings is 2. The summed E-state index contributed by atoms with van der Waals surface area (Å²) in [7, 11) is 0. The Hall–Kier alpha value is -3.98. The molecule has 0 saturated carbocycles. The van der Waals surface area contributed by atoms with Crippen LogP contribution in [-0.4, -0.2) is 20.9 Å². The molecule has 2 aromatic heterocycles. The lowest BCUT2D eigenvalue weighted by atomic mass is 10.1. The van der Waals surface area contributed by atoms with E-state index in [1.165, 1.54) is 30.0 Å². The lowest BCUT2D eigenvalue weighted by Gasteiger charge is -2.09. The van der Waals surface area contributed by atoms with E-state index in [0.717, 1.165) is 11.1 Å². The van der Waals surface area contributed by atoms with Gasteiger partial charge >= 0.3 is 0 Å². The average molecular weight is 461 g/mol. The number of carbonyl (C=O) groups excluding carboxylic acids is 1. The summed E-state index contributed by atoms with van der Waals surface area (Å²) in [5.41, 5.74) is 8.86. The summed E-state index contributed by atoms with van der Waals surface area (Å²) in [6.07, 6.45) is 3.48. The normalized spacial score (nSPS) is 10.6. The minimum atomic E-state index is -0.454. The Kier molecular flexibility index (Phi) is 6.80. The van der Waals surface area contributed by atoms with E-state index in [1.54, 1.807) is 30.6 Å². The van der Waals surface area contributed by atoms with E-state index >= 15 is 0 Å². The van der Waals surface area contributed by atoms with Crippen LogP contribution in [0.1, 0.15) is 21.5 Å². The Morgan fingerprint density at radius 3 is 2.58 bits per heavy atom. The van der Waals surface area contributed by atoms with Crippen molar-refractivity contribution in [1.29, 1.82) is 0 Å². The van der Waals surface area contributed by atoms with Crippen LogP contribution in [0.5, 0.6) is 0 Å². The van der Waals surface area contributed by atoms with Gasteiger partial charge in [0.25, 0.3) is 5.91 Å². The van der Waals surface area contributed by atoms with Crippen LogP contribution in [0.4, 0.5) is 27.4 Å². The number of nitrogens with two attached hydrogens (primary N) is 1. The molecule has 0 radical (unpaired) electrons. The number of aromatic nitrogens is 3. The van der Waals surface area contributed by atoms with Gasteiger partial charge in [0.15, 0.2) is 5.16 Å². The number of hydrogen-bond acceptors (Lipinski definition) is 7. The number of halogens is 1. The third-order valence-corrected chi connectivity index (χ3v) is 5.58. The van der Waals surface area contributed by atoms with Crippen LogP contribution in [0.2, 0.25) is 0 Å². The molecule has 1 amide bonds. The SMILES string of the molecule is Cc1ccc(Nc2ccnc(SCc3ccc(C(=O)Nc4ccc(F)cc4N)cc3)n2)nc1. The number of aryl methyl sites for hydroxylation is 1. The lowest BCUT2D eigenvalue weighted by Crippen LogP contribution is -2.13. The van der Waals surface area contributed by atoms with E-state index in [-0.39, 0.29) is 11.6 Å². The molecule has 0 bridgehead atoms. The minimum Gasteiger partial charge on any atom is -0.397 e. The molecule has 0 spiro atoms. The van der Waals surface area contributed by atoms with Crippen LogP contribution in [0.3, 0.4) is 0 Å². The number of thioether (sulfide) groups is 1. The topological polar surface area (TPSA) is 106 Å². The summed E-state index contributed by atoms with van der Waals surface area (Å²) in [4.78, 5) is 25.6. The number of rotatable bonds is 7. The van der Waals surface area contributed by atoms with E-state index in [9.17, 15) is 9.18 Å². The summed E-state index contributed by atoms with van der Waals surface area (Å²) in [6, 6.07) is 16.7. The van der Waals surface area contributed by atoms with E-state index in [0.29, 0.717) is 33.8 Å². The maximum Gasteiger partial charge on any atom is 0.255 e. The van der Waals surface area contributed by atoms with Gasteiger partial charge in [-0.2, -0.15) is 0 Å². The Balaban J connectivity index is 1.34. The van der Waals surface area contributed by atoms with Crippen LogP contribution in [0.15, 0.2) is 78.2 Å². The first kappa shape index (κ1) is 22.2. The number of nitrogens with one attached hydrogen (secondary N) is 2. The molecule has 2 aromatic carbocycles. The van der Waals surface area contributed by atoms with E-state index in [2.05, 4.69) is 25.6 Å². The van der Waals surface area contributed by atoms with Crippen molar-refractivity contribution in [1.82, 2.24) is 15.0 Å². The molecular formula is C24H21FN6OS. The fraction of sp³-hybridized carbons (Fsp3) is 0.0833. The first-order valence-corrected chi connectivity index (χ1v) is 11.1. The van der Waals surface area contributed by atoms with E-state index in [1.807, 2.05) is 31.2 Å². The largest absolute Gasteiger partial charge is 0.397 e. The second kappa shape index (κ2) is 10.1. The van der Waals surface area contributed by atoms with Gasteiger partial charge in [-0.1, -0.05) is 30.0 Å². The van der Waals surface area contributed by atoms with Gasteiger partial charge in [-0.3, -0.25) is 4.79 Å². The van der Waals surface area contributed by atoms with Crippen molar-refractivity contribution < 1.29 is 9.18 Å². The van der Waals surface area contributed by atoms with Gasteiger partial charge in [-0.15, -0.1) is 0 Å². The standard InChI is InChI=1S/C24H21FN6OS/c1-15-2-9-21(28-13-15)30-22-10-11-27-24(31-22)33-14-16-3-5-17(6-4-16)23(32)29-20-8-7-18(25)12-19(20)26/h2-13H,14,26H2,1H3,(H,29,32)(H,27,28,30,31). The molecule has 33 heavy (non-hydrogen) atoms. The smallest absolute Gasteiger partial charge is 0.255 e. The van der Waals surface area contributed by atoms with E-state index < -0.39 is 5.82 Å². The van der Waals surface area contributed by atoms with Crippen molar-refractivity contribution >= 4 is 40.7 Å². The summed E-state index contributed by atoms with van der Waals surface area (Å²) in [6.45, 7) is 1.98. The molecular weight excluding hydrogens is 439 g/mol. The highest BCUT2D eigenvalue weighted by molar-refractivity contribution is 7.98. The van der Waals surface area contributed by atoms with Crippen LogP contribution >= 0.6 is 11.8 Å². The second-order valence-electron chi connectivity index (χ2n) is 7.24. The molecule has 4 aromatic rings. The predicted molar refractivity (Wildman–Crippen MR) is 129 cm³/mol. The molecule has 2 heterocycles. The molecule has 0 aliphatic heterocycles. The molecule has 4 rings (SSSR count). The number of hydrogen-bond donors (Lipinski definition) is 3. The van der Waals surface area contributed by atoms with Gasteiger partial charge in [0.05, 0.1) is 11.4 Å². The number of nitrogens with zero attached hydrogens (tertiary/aromatic N) is 3. The van der Waals surface area contributed by atoms with Crippen molar-refractivity contribution in [2.24, 2.45) is 0 Å². The van der Waals surface area contributed by atoms with Crippen LogP contribution in [0.25, 0.3) is 0 Å². The highest BCUT2D eigenvalue weighted by atomic mass is 32.2. The first-order valence-electron chi connectivity index (χ1n) is 10.1. The summed E-state index contributed by atoms with van der Waals surface area (Å²) >= 11 is 1.49. The van der Waals surface area contributed by atoms with Crippen molar-refractivity contribution in [2.75, 3.05) is 16.4 Å². The number of carbonyl (C=O) groups is 1. The fourth-order valence-electron chi connectivity index (χ4n) is 2.90. The van der Waals surface area contributed by atoms with Gasteiger partial charge in [0.1, 0.15) is 17.5 Å². The maximum absolute atomic E-state index is 13.2. The van der Waals surface area contributed by atoms with Crippen molar-refractivity contribution in [2.45, 2.75) is 17.8 Å². The number of pyridine rings is 1. The highest BCUT2D eigenvalue weighted by Crippen LogP contribution is 2.23. The predicted octanol–water partition coefficient (Wildman–Crippen LogP) is 5.19. The first-order chi connectivity index (χ1) is 16.0. The molecule has 0 saturated heterocycles. The van der Waals surface area contributed by atoms with Crippen molar-refractivity contribution in [3.63, 3.8) is 0 Å². The minimum absolute atomic E-state index is 0.172. The number of amides is 1. The zero-order valence-corrected chi connectivity index (χ0v) is 18.6. The van der Waals surface area contributed by atoms with Gasteiger partial charge in [-0.05, 0) is 60.5 Å². The Labute approximate surface area is 194 Å². The molecule has 9 heteroatoms. The lowest BCUT2D eigenvalue weighted by molar-refractivity contribution is 0.102. The molecule has 4 N–H and O–H groups in total. The Bertz CT molecular complexity index is 1260. The molecule has 0 aliphatic carbocycles. The Morgan fingerprint density at radius 1 is 1.03 bits per heavy atom. The molecule has 0 unspecified atom stereocenters. The van der Waals surface area contributed by atoms with Crippen LogP contribution in [0, 0.1) is 12.7 Å². The van der Waals surface area contributed by atoms with E-state index in [4.69, 9.17) is 5.73 Å². The fourth-order valence-corrected chi connectivity index (χ4v) is 3.68. The third kappa shape index (κ3) is 6.05. The Morgan fingerprint density at radius 2 is 1.85 bits per heavy atom. The van der Waals surface area contributed by atoms with Crippen LogP contribution in [-0.2, 0) is 5.75 Å². The van der Waals surface area contributed by atoms with Gasteiger partial charge in [0.2, 0.25) is 0 Å². The third-order valence-electron chi connectivity index (χ3n) is 4.65. The van der Waals surface area contributed by atoms with Gasteiger partial charge < -0.3 is 16.4 Å². The summed E-state index contributed by atoms with van der Waals surface area (Å²) < 4.78 is 13.2. The van der Waals surface area contributed by atoms with Crippen LogP contribution < -0.4 is 16.4 Å². The highest BCUT2D eigenvalue weighted by Gasteiger charge is 2.09.